The Hall–Kier alpha value is -2.41. The largest absolute Gasteiger partial charge is 0.367 e. The Morgan fingerprint density at radius 2 is 2.21 bits per heavy atom. The summed E-state index contributed by atoms with van der Waals surface area (Å²) in [5.41, 5.74) is 6.16. The maximum atomic E-state index is 12.0. The molecule has 0 saturated carbocycles. The first kappa shape index (κ1) is 13.0. The van der Waals surface area contributed by atoms with Crippen LogP contribution in [-0.2, 0) is 16.1 Å². The molecule has 100 valence electrons. The molecule has 0 spiro atoms. The van der Waals surface area contributed by atoms with Crippen molar-refractivity contribution in [3.8, 4) is 0 Å². The van der Waals surface area contributed by atoms with Crippen molar-refractivity contribution in [2.75, 3.05) is 12.8 Å². The minimum Gasteiger partial charge on any atom is -0.367 e. The van der Waals surface area contributed by atoms with Gasteiger partial charge in [-0.25, -0.2) is 0 Å². The Kier molecular flexibility index (Phi) is 4.09. The number of methoxy groups -OCH3 is 1. The smallest absolute Gasteiger partial charge is 0.254 e. The second kappa shape index (κ2) is 5.96. The van der Waals surface area contributed by atoms with Gasteiger partial charge in [-0.1, -0.05) is 30.3 Å². The van der Waals surface area contributed by atoms with Crippen molar-refractivity contribution in [2.24, 2.45) is 0 Å². The van der Waals surface area contributed by atoms with Crippen molar-refractivity contribution >= 4 is 11.9 Å². The van der Waals surface area contributed by atoms with E-state index in [9.17, 15) is 4.79 Å². The summed E-state index contributed by atoms with van der Waals surface area (Å²) >= 11 is 0. The molecule has 1 atom stereocenters. The number of amides is 1. The second-order valence-corrected chi connectivity index (χ2v) is 3.88. The fourth-order valence-electron chi connectivity index (χ4n) is 1.67. The molecule has 0 unspecified atom stereocenters. The van der Waals surface area contributed by atoms with Crippen LogP contribution in [0.4, 0.5) is 5.95 Å². The SMILES string of the molecule is CO[C@@H](C(=O)NCc1nc(N)n[nH]1)c1ccccc1. The lowest BCUT2D eigenvalue weighted by atomic mass is 10.1. The fraction of sp³-hybridized carbons (Fsp3) is 0.250. The highest BCUT2D eigenvalue weighted by Gasteiger charge is 2.19. The summed E-state index contributed by atoms with van der Waals surface area (Å²) in [6, 6.07) is 9.25. The lowest BCUT2D eigenvalue weighted by molar-refractivity contribution is -0.131. The molecule has 1 aromatic heterocycles. The van der Waals surface area contributed by atoms with Crippen molar-refractivity contribution in [1.82, 2.24) is 20.5 Å². The van der Waals surface area contributed by atoms with Gasteiger partial charge in [0.15, 0.2) is 6.10 Å². The van der Waals surface area contributed by atoms with E-state index in [1.165, 1.54) is 7.11 Å². The topological polar surface area (TPSA) is 106 Å². The van der Waals surface area contributed by atoms with Crippen LogP contribution in [0.5, 0.6) is 0 Å². The van der Waals surface area contributed by atoms with Crippen molar-refractivity contribution in [1.29, 1.82) is 0 Å². The second-order valence-electron chi connectivity index (χ2n) is 3.88. The van der Waals surface area contributed by atoms with Gasteiger partial charge in [0.05, 0.1) is 6.54 Å². The average molecular weight is 261 g/mol. The number of carbonyl (C=O) groups is 1. The van der Waals surface area contributed by atoms with Crippen molar-refractivity contribution in [2.45, 2.75) is 12.6 Å². The third-order valence-electron chi connectivity index (χ3n) is 2.56. The minimum atomic E-state index is -0.651. The maximum Gasteiger partial charge on any atom is 0.254 e. The lowest BCUT2D eigenvalue weighted by Gasteiger charge is -2.14. The highest BCUT2D eigenvalue weighted by atomic mass is 16.5. The standard InChI is InChI=1S/C12H15N5O2/c1-19-10(8-5-3-2-4-6-8)11(18)14-7-9-15-12(13)17-16-9/h2-6,10H,7H2,1H3,(H,14,18)(H3,13,15,16,17)/t10-/m1/s1. The number of hydrogen-bond acceptors (Lipinski definition) is 5. The van der Waals surface area contributed by atoms with Crippen molar-refractivity contribution < 1.29 is 9.53 Å². The molecule has 0 aliphatic carbocycles. The molecular weight excluding hydrogens is 246 g/mol. The Labute approximate surface area is 110 Å². The fourth-order valence-corrected chi connectivity index (χ4v) is 1.67. The predicted octanol–water partition coefficient (Wildman–Crippen LogP) is 0.391. The molecular formula is C12H15N5O2. The molecule has 2 rings (SSSR count). The quantitative estimate of drug-likeness (QED) is 0.722. The number of hydrogen-bond donors (Lipinski definition) is 3. The normalized spacial score (nSPS) is 12.1. The number of nitrogen functional groups attached to an aromatic ring is 1. The lowest BCUT2D eigenvalue weighted by Crippen LogP contribution is -2.30. The maximum absolute atomic E-state index is 12.0. The third kappa shape index (κ3) is 3.29. The van der Waals surface area contributed by atoms with Gasteiger partial charge < -0.3 is 15.8 Å². The van der Waals surface area contributed by atoms with Crippen LogP contribution in [0.2, 0.25) is 0 Å². The summed E-state index contributed by atoms with van der Waals surface area (Å²) < 4.78 is 5.21. The first-order valence-electron chi connectivity index (χ1n) is 5.73. The average Bonchev–Trinajstić information content (AvgIpc) is 2.84. The Bertz CT molecular complexity index is 540. The highest BCUT2D eigenvalue weighted by molar-refractivity contribution is 5.82. The van der Waals surface area contributed by atoms with Gasteiger partial charge in [0.1, 0.15) is 5.82 Å². The number of nitrogens with one attached hydrogen (secondary N) is 2. The van der Waals surface area contributed by atoms with E-state index >= 15 is 0 Å². The summed E-state index contributed by atoms with van der Waals surface area (Å²) in [5.74, 6) is 0.396. The minimum absolute atomic E-state index is 0.149. The van der Waals surface area contributed by atoms with Gasteiger partial charge in [-0.15, -0.1) is 5.10 Å². The van der Waals surface area contributed by atoms with Crippen LogP contribution in [-0.4, -0.2) is 28.2 Å². The molecule has 7 heteroatoms. The monoisotopic (exact) mass is 261 g/mol. The van der Waals surface area contributed by atoms with Gasteiger partial charge in [0.2, 0.25) is 5.95 Å². The molecule has 2 aromatic rings. The van der Waals surface area contributed by atoms with E-state index in [2.05, 4.69) is 20.5 Å². The van der Waals surface area contributed by atoms with Gasteiger partial charge in [0, 0.05) is 7.11 Å². The van der Waals surface area contributed by atoms with Crippen LogP contribution >= 0.6 is 0 Å². The van der Waals surface area contributed by atoms with E-state index in [1.807, 2.05) is 30.3 Å². The van der Waals surface area contributed by atoms with Gasteiger partial charge in [0.25, 0.3) is 5.91 Å². The van der Waals surface area contributed by atoms with Crippen LogP contribution in [0.25, 0.3) is 0 Å². The Balaban J connectivity index is 1.98. The molecule has 0 aliphatic heterocycles. The summed E-state index contributed by atoms with van der Waals surface area (Å²) in [5, 5.41) is 9.00. The first-order chi connectivity index (χ1) is 9.20. The molecule has 0 bridgehead atoms. The molecule has 19 heavy (non-hydrogen) atoms. The zero-order valence-corrected chi connectivity index (χ0v) is 10.5. The van der Waals surface area contributed by atoms with Crippen LogP contribution < -0.4 is 11.1 Å². The Morgan fingerprint density at radius 1 is 1.47 bits per heavy atom. The summed E-state index contributed by atoms with van der Waals surface area (Å²) in [4.78, 5) is 15.9. The number of H-pyrrole nitrogens is 1. The molecule has 1 heterocycles. The third-order valence-corrected chi connectivity index (χ3v) is 2.56. The van der Waals surface area contributed by atoms with Crippen LogP contribution in [0, 0.1) is 0 Å². The zero-order valence-electron chi connectivity index (χ0n) is 10.5. The highest BCUT2D eigenvalue weighted by Crippen LogP contribution is 2.16. The summed E-state index contributed by atoms with van der Waals surface area (Å²) in [6.07, 6.45) is -0.651. The molecule has 0 fully saturated rings. The van der Waals surface area contributed by atoms with E-state index in [0.29, 0.717) is 5.82 Å². The number of anilines is 1. The number of aromatic nitrogens is 3. The van der Waals surface area contributed by atoms with Crippen LogP contribution in [0.15, 0.2) is 30.3 Å². The molecule has 1 amide bonds. The molecule has 0 saturated heterocycles. The summed E-state index contributed by atoms with van der Waals surface area (Å²) in [6.45, 7) is 0.218. The number of rotatable bonds is 5. The number of nitrogens with two attached hydrogens (primary N) is 1. The van der Waals surface area contributed by atoms with Gasteiger partial charge in [-0.05, 0) is 5.56 Å². The van der Waals surface area contributed by atoms with Gasteiger partial charge >= 0.3 is 0 Å². The molecule has 0 radical (unpaired) electrons. The van der Waals surface area contributed by atoms with Crippen molar-refractivity contribution in [3.05, 3.63) is 41.7 Å². The van der Waals surface area contributed by atoms with E-state index in [0.717, 1.165) is 5.56 Å². The molecule has 0 aliphatic rings. The van der Waals surface area contributed by atoms with Gasteiger partial charge in [-0.2, -0.15) is 4.98 Å². The number of ether oxygens (including phenoxy) is 1. The number of nitrogens with zero attached hydrogens (tertiary/aromatic N) is 2. The number of carbonyl (C=O) groups excluding carboxylic acids is 1. The number of benzene rings is 1. The van der Waals surface area contributed by atoms with Crippen LogP contribution in [0.1, 0.15) is 17.5 Å². The number of aromatic amines is 1. The zero-order chi connectivity index (χ0) is 13.7. The first-order valence-corrected chi connectivity index (χ1v) is 5.73. The van der Waals surface area contributed by atoms with E-state index in [-0.39, 0.29) is 18.4 Å². The van der Waals surface area contributed by atoms with E-state index in [1.54, 1.807) is 0 Å². The van der Waals surface area contributed by atoms with Crippen molar-refractivity contribution in [3.63, 3.8) is 0 Å². The van der Waals surface area contributed by atoms with Gasteiger partial charge in [-0.3, -0.25) is 9.89 Å². The van der Waals surface area contributed by atoms with E-state index < -0.39 is 6.10 Å². The molecule has 1 aromatic carbocycles. The molecule has 4 N–H and O–H groups in total. The Morgan fingerprint density at radius 3 is 2.79 bits per heavy atom. The predicted molar refractivity (Wildman–Crippen MR) is 68.8 cm³/mol. The van der Waals surface area contributed by atoms with Crippen LogP contribution in [0.3, 0.4) is 0 Å². The molecule has 7 nitrogen and oxygen atoms in total. The summed E-state index contributed by atoms with van der Waals surface area (Å²) in [7, 11) is 1.49. The van der Waals surface area contributed by atoms with E-state index in [4.69, 9.17) is 10.5 Å².